The summed E-state index contributed by atoms with van der Waals surface area (Å²) in [7, 11) is 0. The van der Waals surface area contributed by atoms with Crippen molar-refractivity contribution in [1.82, 2.24) is 21.0 Å². The number of nitrogens with one attached hydrogen (secondary N) is 2. The molecule has 1 aromatic carbocycles. The van der Waals surface area contributed by atoms with E-state index in [1.807, 2.05) is 17.5 Å². The van der Waals surface area contributed by atoms with Crippen molar-refractivity contribution in [2.24, 2.45) is 0 Å². The zero-order chi connectivity index (χ0) is 19.2. The number of phenols is 1. The highest BCUT2D eigenvalue weighted by atomic mass is 35.5. The lowest BCUT2D eigenvalue weighted by Gasteiger charge is -2.08. The number of rotatable bonds is 6. The summed E-state index contributed by atoms with van der Waals surface area (Å²) in [6.07, 6.45) is 1.06. The average molecular weight is 407 g/mol. The van der Waals surface area contributed by atoms with Gasteiger partial charge in [-0.3, -0.25) is 20.4 Å². The van der Waals surface area contributed by atoms with Gasteiger partial charge < -0.3 is 9.63 Å². The van der Waals surface area contributed by atoms with E-state index in [0.717, 1.165) is 4.88 Å². The van der Waals surface area contributed by atoms with Crippen molar-refractivity contribution in [3.8, 4) is 16.5 Å². The van der Waals surface area contributed by atoms with Crippen LogP contribution in [0.3, 0.4) is 0 Å². The molecule has 0 spiro atoms. The number of carbonyl (C=O) groups excluding carboxylic acids is 2. The average Bonchev–Trinajstić information content (AvgIpc) is 3.33. The minimum Gasteiger partial charge on any atom is -0.507 e. The van der Waals surface area contributed by atoms with Crippen LogP contribution in [-0.4, -0.2) is 27.1 Å². The molecule has 0 radical (unpaired) electrons. The summed E-state index contributed by atoms with van der Waals surface area (Å²) in [6.45, 7) is 0. The Hall–Kier alpha value is -2.91. The van der Waals surface area contributed by atoms with Crippen LogP contribution in [0.4, 0.5) is 0 Å². The van der Waals surface area contributed by atoms with Gasteiger partial charge in [-0.05, 0) is 36.1 Å². The van der Waals surface area contributed by atoms with Gasteiger partial charge in [0.05, 0.1) is 10.4 Å². The second-order valence-corrected chi connectivity index (χ2v) is 6.89. The van der Waals surface area contributed by atoms with Crippen molar-refractivity contribution in [3.63, 3.8) is 0 Å². The number of aromatic hydroxyl groups is 1. The molecule has 0 aliphatic rings. The first-order valence-corrected chi connectivity index (χ1v) is 9.23. The van der Waals surface area contributed by atoms with E-state index in [1.165, 1.54) is 29.5 Å². The number of aromatic nitrogens is 2. The topological polar surface area (TPSA) is 117 Å². The fourth-order valence-corrected chi connectivity index (χ4v) is 3.03. The van der Waals surface area contributed by atoms with Gasteiger partial charge in [0.1, 0.15) is 5.75 Å². The van der Waals surface area contributed by atoms with Crippen molar-refractivity contribution in [2.45, 2.75) is 19.3 Å². The summed E-state index contributed by atoms with van der Waals surface area (Å²) < 4.78 is 5.15. The maximum absolute atomic E-state index is 12.0. The third-order valence-electron chi connectivity index (χ3n) is 3.52. The number of thiophene rings is 1. The Balaban J connectivity index is 1.42. The van der Waals surface area contributed by atoms with E-state index in [2.05, 4.69) is 21.0 Å². The van der Waals surface area contributed by atoms with Crippen molar-refractivity contribution in [1.29, 1.82) is 0 Å². The molecule has 8 nitrogen and oxygen atoms in total. The van der Waals surface area contributed by atoms with Gasteiger partial charge in [0, 0.05) is 17.9 Å². The fourth-order valence-electron chi connectivity index (χ4n) is 2.21. The standard InChI is InChI=1S/C17H15ClN4O4S/c18-10-6-7-12(23)11(9-10)17(25)21-20-14(24)4-1-5-15-19-16(22-26-15)13-3-2-8-27-13/h2-3,6-9,23H,1,4-5H2,(H,20,24)(H,21,25). The number of nitrogens with zero attached hydrogens (tertiary/aromatic N) is 2. The zero-order valence-corrected chi connectivity index (χ0v) is 15.5. The molecule has 140 valence electrons. The van der Waals surface area contributed by atoms with Gasteiger partial charge in [-0.25, -0.2) is 0 Å². The molecule has 0 unspecified atom stereocenters. The van der Waals surface area contributed by atoms with Crippen LogP contribution in [0.25, 0.3) is 10.7 Å². The Morgan fingerprint density at radius 1 is 1.26 bits per heavy atom. The van der Waals surface area contributed by atoms with Crippen molar-refractivity contribution in [2.75, 3.05) is 0 Å². The van der Waals surface area contributed by atoms with Gasteiger partial charge in [-0.15, -0.1) is 11.3 Å². The Morgan fingerprint density at radius 3 is 2.89 bits per heavy atom. The second-order valence-electron chi connectivity index (χ2n) is 5.51. The largest absolute Gasteiger partial charge is 0.507 e. The molecular formula is C17H15ClN4O4S. The molecule has 3 rings (SSSR count). The number of hydrogen-bond acceptors (Lipinski definition) is 7. The molecular weight excluding hydrogens is 392 g/mol. The normalized spacial score (nSPS) is 10.6. The molecule has 0 fully saturated rings. The zero-order valence-electron chi connectivity index (χ0n) is 13.9. The first-order valence-electron chi connectivity index (χ1n) is 7.97. The van der Waals surface area contributed by atoms with Crippen molar-refractivity contribution >= 4 is 34.8 Å². The molecule has 0 saturated heterocycles. The highest BCUT2D eigenvalue weighted by Crippen LogP contribution is 2.22. The van der Waals surface area contributed by atoms with Gasteiger partial charge in [0.25, 0.3) is 5.91 Å². The molecule has 0 atom stereocenters. The first-order chi connectivity index (χ1) is 13.0. The fraction of sp³-hybridized carbons (Fsp3) is 0.176. The van der Waals surface area contributed by atoms with Crippen LogP contribution >= 0.6 is 22.9 Å². The van der Waals surface area contributed by atoms with E-state index < -0.39 is 5.91 Å². The lowest BCUT2D eigenvalue weighted by Crippen LogP contribution is -2.41. The van der Waals surface area contributed by atoms with Crippen LogP contribution in [0.1, 0.15) is 29.1 Å². The molecule has 0 aliphatic heterocycles. The summed E-state index contributed by atoms with van der Waals surface area (Å²) in [4.78, 5) is 29.0. The number of halogens is 1. The quantitative estimate of drug-likeness (QED) is 0.542. The summed E-state index contributed by atoms with van der Waals surface area (Å²) in [5.41, 5.74) is 4.48. The van der Waals surface area contributed by atoms with Crippen LogP contribution in [0.2, 0.25) is 5.02 Å². The molecule has 2 amide bonds. The maximum atomic E-state index is 12.0. The van der Waals surface area contributed by atoms with Gasteiger partial charge in [0.2, 0.25) is 17.6 Å². The summed E-state index contributed by atoms with van der Waals surface area (Å²) in [5, 5.41) is 15.8. The smallest absolute Gasteiger partial charge is 0.273 e. The predicted molar refractivity (Wildman–Crippen MR) is 99.3 cm³/mol. The third kappa shape index (κ3) is 5.05. The Morgan fingerprint density at radius 2 is 2.11 bits per heavy atom. The lowest BCUT2D eigenvalue weighted by molar-refractivity contribution is -0.121. The van der Waals surface area contributed by atoms with E-state index in [0.29, 0.717) is 29.6 Å². The van der Waals surface area contributed by atoms with Gasteiger partial charge in [-0.2, -0.15) is 4.98 Å². The third-order valence-corrected chi connectivity index (χ3v) is 4.62. The van der Waals surface area contributed by atoms with E-state index in [9.17, 15) is 14.7 Å². The maximum Gasteiger partial charge on any atom is 0.273 e. The van der Waals surface area contributed by atoms with Crippen LogP contribution in [0, 0.1) is 0 Å². The minimum absolute atomic E-state index is 0.0326. The molecule has 3 N–H and O–H groups in total. The van der Waals surface area contributed by atoms with E-state index in [1.54, 1.807) is 0 Å². The number of carbonyl (C=O) groups is 2. The van der Waals surface area contributed by atoms with Gasteiger partial charge >= 0.3 is 0 Å². The monoisotopic (exact) mass is 406 g/mol. The highest BCUT2D eigenvalue weighted by molar-refractivity contribution is 7.13. The lowest BCUT2D eigenvalue weighted by atomic mass is 10.2. The van der Waals surface area contributed by atoms with Crippen LogP contribution in [0.15, 0.2) is 40.2 Å². The second kappa shape index (κ2) is 8.65. The van der Waals surface area contributed by atoms with E-state index in [-0.39, 0.29) is 23.6 Å². The number of amides is 2. The number of hydrogen-bond donors (Lipinski definition) is 3. The highest BCUT2D eigenvalue weighted by Gasteiger charge is 2.13. The molecule has 2 heterocycles. The number of benzene rings is 1. The number of phenolic OH excluding ortho intramolecular Hbond substituents is 1. The molecule has 0 saturated carbocycles. The first kappa shape index (κ1) is 18.9. The summed E-state index contributed by atoms with van der Waals surface area (Å²) >= 11 is 7.30. The number of hydrazine groups is 1. The van der Waals surface area contributed by atoms with Crippen molar-refractivity contribution in [3.05, 3.63) is 52.2 Å². The molecule has 27 heavy (non-hydrogen) atoms. The molecule has 0 bridgehead atoms. The van der Waals surface area contributed by atoms with Crippen LogP contribution in [0.5, 0.6) is 5.75 Å². The Kier molecular flexibility index (Phi) is 6.05. The van der Waals surface area contributed by atoms with E-state index in [4.69, 9.17) is 16.1 Å². The summed E-state index contributed by atoms with van der Waals surface area (Å²) in [6, 6.07) is 7.85. The molecule has 3 aromatic rings. The molecule has 0 aliphatic carbocycles. The number of aryl methyl sites for hydroxylation is 1. The van der Waals surface area contributed by atoms with E-state index >= 15 is 0 Å². The van der Waals surface area contributed by atoms with Crippen molar-refractivity contribution < 1.29 is 19.2 Å². The predicted octanol–water partition coefficient (Wildman–Crippen LogP) is 2.94. The Bertz CT molecular complexity index is 942. The van der Waals surface area contributed by atoms with Gasteiger partial charge in [-0.1, -0.05) is 22.8 Å². The SMILES string of the molecule is O=C(CCCc1nc(-c2cccs2)no1)NNC(=O)c1cc(Cl)ccc1O. The molecule has 2 aromatic heterocycles. The van der Waals surface area contributed by atoms with Crippen LogP contribution < -0.4 is 10.9 Å². The molecule has 10 heteroatoms. The Labute approximate surface area is 163 Å². The minimum atomic E-state index is -0.666. The van der Waals surface area contributed by atoms with Crippen LogP contribution in [-0.2, 0) is 11.2 Å². The van der Waals surface area contributed by atoms with Gasteiger partial charge in [0.15, 0.2) is 0 Å². The summed E-state index contributed by atoms with van der Waals surface area (Å²) in [5.74, 6) is -0.315.